The van der Waals surface area contributed by atoms with Crippen LogP contribution in [0.5, 0.6) is 0 Å². The summed E-state index contributed by atoms with van der Waals surface area (Å²) in [5, 5.41) is 0. The molecule has 0 radical (unpaired) electrons. The Hall–Kier alpha value is -1.47. The van der Waals surface area contributed by atoms with Crippen LogP contribution < -0.4 is 11.5 Å². The van der Waals surface area contributed by atoms with Crippen molar-refractivity contribution in [3.63, 3.8) is 0 Å². The average molecular weight is 216 g/mol. The lowest BCUT2D eigenvalue weighted by Gasteiger charge is -2.26. The molecule has 0 aromatic rings. The van der Waals surface area contributed by atoms with E-state index in [9.17, 15) is 14.4 Å². The van der Waals surface area contributed by atoms with Crippen molar-refractivity contribution in [2.45, 2.75) is 6.42 Å². The molecule has 4 amide bonds. The first-order valence-electron chi connectivity index (χ1n) is 4.42. The maximum Gasteiger partial charge on any atom is 0.332 e. The topological polar surface area (TPSA) is 110 Å². The van der Waals surface area contributed by atoms with Crippen molar-refractivity contribution in [1.29, 1.82) is 0 Å². The van der Waals surface area contributed by atoms with E-state index in [0.29, 0.717) is 13.1 Å². The van der Waals surface area contributed by atoms with E-state index in [4.69, 9.17) is 11.5 Å². The van der Waals surface area contributed by atoms with Crippen molar-refractivity contribution in [2.24, 2.45) is 11.5 Å². The molecule has 1 aliphatic rings. The lowest BCUT2D eigenvalue weighted by Crippen LogP contribution is -2.51. The van der Waals surface area contributed by atoms with E-state index in [2.05, 4.69) is 0 Å². The van der Waals surface area contributed by atoms with E-state index < -0.39 is 17.8 Å². The minimum atomic E-state index is -0.564. The summed E-state index contributed by atoms with van der Waals surface area (Å²) >= 11 is 0. The van der Waals surface area contributed by atoms with Crippen molar-refractivity contribution in [3.8, 4) is 0 Å². The van der Waals surface area contributed by atoms with Gasteiger partial charge in [0, 0.05) is 27.2 Å². The van der Waals surface area contributed by atoms with E-state index in [1.54, 1.807) is 0 Å². The summed E-state index contributed by atoms with van der Waals surface area (Å²) in [6.45, 7) is 1.19. The molecule has 0 unspecified atom stereocenters. The summed E-state index contributed by atoms with van der Waals surface area (Å²) in [6, 6.07) is -0.564. The largest absolute Gasteiger partial charge is 0.332 e. The summed E-state index contributed by atoms with van der Waals surface area (Å²) < 4.78 is 0. The van der Waals surface area contributed by atoms with Crippen molar-refractivity contribution < 1.29 is 14.4 Å². The van der Waals surface area contributed by atoms with Gasteiger partial charge in [-0.15, -0.1) is 0 Å². The molecule has 1 heterocycles. The molecule has 0 atom stereocenters. The van der Waals surface area contributed by atoms with Crippen LogP contribution >= 0.6 is 0 Å². The SMILES string of the molecule is CN1C(=O)CC(=O)N(C)C1=O.NCCN. The second-order valence-electron chi connectivity index (χ2n) is 2.94. The highest BCUT2D eigenvalue weighted by atomic mass is 16.2. The van der Waals surface area contributed by atoms with Gasteiger partial charge in [0.05, 0.1) is 0 Å². The fourth-order valence-electron chi connectivity index (χ4n) is 0.805. The number of urea groups is 1. The zero-order valence-electron chi connectivity index (χ0n) is 8.90. The molecule has 0 spiro atoms. The van der Waals surface area contributed by atoms with Gasteiger partial charge in [-0.3, -0.25) is 19.4 Å². The maximum atomic E-state index is 11.0. The molecule has 15 heavy (non-hydrogen) atoms. The van der Waals surface area contributed by atoms with E-state index in [-0.39, 0.29) is 6.42 Å². The number of carbonyl (C=O) groups is 3. The molecule has 0 aromatic heterocycles. The Bertz CT molecular complexity index is 243. The Morgan fingerprint density at radius 3 is 1.60 bits per heavy atom. The Morgan fingerprint density at radius 2 is 1.33 bits per heavy atom. The van der Waals surface area contributed by atoms with Gasteiger partial charge < -0.3 is 11.5 Å². The molecule has 0 bridgehead atoms. The third-order valence-corrected chi connectivity index (χ3v) is 1.79. The number of nitrogens with zero attached hydrogens (tertiary/aromatic N) is 2. The Labute approximate surface area is 88.0 Å². The minimum absolute atomic E-state index is 0.210. The highest BCUT2D eigenvalue weighted by Crippen LogP contribution is 2.06. The molecular weight excluding hydrogens is 200 g/mol. The van der Waals surface area contributed by atoms with Crippen LogP contribution in [0.25, 0.3) is 0 Å². The molecule has 1 aliphatic heterocycles. The highest BCUT2D eigenvalue weighted by molar-refractivity contribution is 6.13. The van der Waals surface area contributed by atoms with Gasteiger partial charge in [0.15, 0.2) is 0 Å². The normalized spacial score (nSPS) is 16.4. The predicted molar refractivity (Wildman–Crippen MR) is 53.7 cm³/mol. The summed E-state index contributed by atoms with van der Waals surface area (Å²) in [4.78, 5) is 34.5. The van der Waals surface area contributed by atoms with Gasteiger partial charge in [-0.1, -0.05) is 0 Å². The minimum Gasteiger partial charge on any atom is -0.329 e. The molecule has 86 valence electrons. The molecular formula is C8H16N4O3. The van der Waals surface area contributed by atoms with Gasteiger partial charge in [-0.25, -0.2) is 4.79 Å². The first kappa shape index (κ1) is 13.5. The van der Waals surface area contributed by atoms with Gasteiger partial charge >= 0.3 is 6.03 Å². The van der Waals surface area contributed by atoms with Crippen LogP contribution in [0.4, 0.5) is 4.79 Å². The lowest BCUT2D eigenvalue weighted by molar-refractivity contribution is -0.140. The number of rotatable bonds is 1. The van der Waals surface area contributed by atoms with E-state index >= 15 is 0 Å². The predicted octanol–water partition coefficient (Wildman–Crippen LogP) is -1.67. The van der Waals surface area contributed by atoms with Crippen molar-refractivity contribution in [3.05, 3.63) is 0 Å². The Morgan fingerprint density at radius 1 is 1.00 bits per heavy atom. The maximum absolute atomic E-state index is 11.0. The molecule has 0 aliphatic carbocycles. The summed E-state index contributed by atoms with van der Waals surface area (Å²) in [6.07, 6.45) is -0.210. The molecule has 1 saturated heterocycles. The highest BCUT2D eigenvalue weighted by Gasteiger charge is 2.32. The van der Waals surface area contributed by atoms with Gasteiger partial charge in [-0.05, 0) is 0 Å². The second kappa shape index (κ2) is 6.10. The average Bonchev–Trinajstić information content (AvgIpc) is 2.24. The monoisotopic (exact) mass is 216 g/mol. The van der Waals surface area contributed by atoms with Crippen molar-refractivity contribution in [1.82, 2.24) is 9.80 Å². The molecule has 7 heteroatoms. The van der Waals surface area contributed by atoms with Gasteiger partial charge in [-0.2, -0.15) is 0 Å². The number of carbonyl (C=O) groups excluding carboxylic acids is 3. The number of hydrogen-bond acceptors (Lipinski definition) is 5. The van der Waals surface area contributed by atoms with Crippen molar-refractivity contribution in [2.75, 3.05) is 27.2 Å². The standard InChI is InChI=1S/C6H8N2O3.C2H8N2/c1-7-4(9)3-5(10)8(2)6(7)11;3-1-2-4/h3H2,1-2H3;1-4H2. The second-order valence-corrected chi connectivity index (χ2v) is 2.94. The smallest absolute Gasteiger partial charge is 0.329 e. The molecule has 0 saturated carbocycles. The number of nitrogens with two attached hydrogens (primary N) is 2. The molecule has 0 aromatic carbocycles. The Balaban J connectivity index is 0.000000423. The number of imide groups is 2. The fraction of sp³-hybridized carbons (Fsp3) is 0.625. The van der Waals surface area contributed by atoms with Crippen LogP contribution in [0.3, 0.4) is 0 Å². The van der Waals surface area contributed by atoms with Crippen LogP contribution in [0.1, 0.15) is 6.42 Å². The summed E-state index contributed by atoms with van der Waals surface area (Å²) in [5.74, 6) is -0.892. The number of barbiturate groups is 1. The van der Waals surface area contributed by atoms with E-state index in [0.717, 1.165) is 9.80 Å². The van der Waals surface area contributed by atoms with Crippen LogP contribution in [-0.2, 0) is 9.59 Å². The summed E-state index contributed by atoms with van der Waals surface area (Å²) in [7, 11) is 2.71. The zero-order valence-corrected chi connectivity index (χ0v) is 8.90. The van der Waals surface area contributed by atoms with Crippen LogP contribution in [0.2, 0.25) is 0 Å². The molecule has 1 fully saturated rings. The first-order valence-corrected chi connectivity index (χ1v) is 4.42. The first-order chi connectivity index (χ1) is 6.95. The van der Waals surface area contributed by atoms with Gasteiger partial charge in [0.2, 0.25) is 11.8 Å². The summed E-state index contributed by atoms with van der Waals surface area (Å²) in [5.41, 5.74) is 9.81. The molecule has 1 rings (SSSR count). The van der Waals surface area contributed by atoms with Crippen LogP contribution in [0, 0.1) is 0 Å². The number of hydrogen-bond donors (Lipinski definition) is 2. The van der Waals surface area contributed by atoms with Crippen molar-refractivity contribution >= 4 is 17.8 Å². The quantitative estimate of drug-likeness (QED) is 0.509. The number of amides is 4. The van der Waals surface area contributed by atoms with Gasteiger partial charge in [0.25, 0.3) is 0 Å². The van der Waals surface area contributed by atoms with E-state index in [1.807, 2.05) is 0 Å². The third kappa shape index (κ3) is 3.64. The lowest BCUT2D eigenvalue weighted by atomic mass is 10.3. The van der Waals surface area contributed by atoms with Gasteiger partial charge in [0.1, 0.15) is 6.42 Å². The van der Waals surface area contributed by atoms with Crippen LogP contribution in [-0.4, -0.2) is 54.8 Å². The Kier molecular flexibility index (Phi) is 5.50. The molecule has 4 N–H and O–H groups in total. The zero-order chi connectivity index (χ0) is 12.0. The fourth-order valence-corrected chi connectivity index (χ4v) is 0.805. The molecule has 7 nitrogen and oxygen atoms in total. The van der Waals surface area contributed by atoms with E-state index in [1.165, 1.54) is 14.1 Å². The van der Waals surface area contributed by atoms with Crippen LogP contribution in [0.15, 0.2) is 0 Å². The third-order valence-electron chi connectivity index (χ3n) is 1.79.